The molecule has 2 heterocycles. The molecule has 6 nitrogen and oxygen atoms in total. The zero-order valence-corrected chi connectivity index (χ0v) is 13.9. The number of carbonyl (C=O) groups excluding carboxylic acids is 1. The van der Waals surface area contributed by atoms with Crippen LogP contribution in [-0.2, 0) is 4.79 Å². The van der Waals surface area contributed by atoms with E-state index in [0.717, 1.165) is 4.88 Å². The smallest absolute Gasteiger partial charge is 0.233 e. The molecule has 0 saturated heterocycles. The lowest BCUT2D eigenvalue weighted by molar-refractivity contribution is -0.120. The maximum atomic E-state index is 12.0. The van der Waals surface area contributed by atoms with Crippen molar-refractivity contribution in [1.82, 2.24) is 20.2 Å². The van der Waals surface area contributed by atoms with Gasteiger partial charge in [0.15, 0.2) is 5.82 Å². The number of hydrogen-bond donors (Lipinski definition) is 2. The summed E-state index contributed by atoms with van der Waals surface area (Å²) in [5, 5.41) is 13.3. The summed E-state index contributed by atoms with van der Waals surface area (Å²) in [4.78, 5) is 12.9. The molecule has 0 aromatic carbocycles. The van der Waals surface area contributed by atoms with Crippen molar-refractivity contribution in [2.75, 3.05) is 12.4 Å². The highest BCUT2D eigenvalue weighted by atomic mass is 32.2. The highest BCUT2D eigenvalue weighted by Gasteiger charge is 2.20. The molecule has 2 rings (SSSR count). The Morgan fingerprint density at radius 3 is 2.86 bits per heavy atom. The van der Waals surface area contributed by atoms with Crippen LogP contribution in [0.3, 0.4) is 0 Å². The molecule has 0 bridgehead atoms. The first kappa shape index (κ1) is 15.8. The van der Waals surface area contributed by atoms with E-state index in [-0.39, 0.29) is 11.2 Å². The van der Waals surface area contributed by atoms with Crippen LogP contribution >= 0.6 is 23.1 Å². The third-order valence-electron chi connectivity index (χ3n) is 2.74. The van der Waals surface area contributed by atoms with E-state index in [0.29, 0.717) is 23.4 Å². The van der Waals surface area contributed by atoms with Crippen LogP contribution in [0.25, 0.3) is 10.7 Å². The Bertz CT molecular complexity index is 594. The van der Waals surface area contributed by atoms with Crippen molar-refractivity contribution in [3.63, 3.8) is 0 Å². The van der Waals surface area contributed by atoms with Crippen molar-refractivity contribution in [2.24, 2.45) is 5.92 Å². The maximum Gasteiger partial charge on any atom is 0.233 e. The Morgan fingerprint density at radius 1 is 1.48 bits per heavy atom. The summed E-state index contributed by atoms with van der Waals surface area (Å²) in [6.07, 6.45) is 0. The zero-order valence-electron chi connectivity index (χ0n) is 12.2. The predicted octanol–water partition coefficient (Wildman–Crippen LogP) is 1.97. The molecule has 0 spiro atoms. The number of carbonyl (C=O) groups is 1. The molecule has 0 fully saturated rings. The van der Waals surface area contributed by atoms with Gasteiger partial charge in [-0.1, -0.05) is 31.7 Å². The second-order valence-electron chi connectivity index (χ2n) is 5.05. The van der Waals surface area contributed by atoms with Gasteiger partial charge in [-0.2, -0.15) is 0 Å². The monoisotopic (exact) mass is 325 g/mol. The molecule has 1 amide bonds. The molecule has 0 aliphatic rings. The van der Waals surface area contributed by atoms with E-state index < -0.39 is 0 Å². The van der Waals surface area contributed by atoms with Crippen LogP contribution in [0.4, 0.5) is 0 Å². The lowest BCUT2D eigenvalue weighted by atomic mass is 10.2. The Hall–Kier alpha value is -1.54. The van der Waals surface area contributed by atoms with Crippen molar-refractivity contribution in [1.29, 1.82) is 0 Å². The average Bonchev–Trinajstić information content (AvgIpc) is 3.07. The fourth-order valence-electron chi connectivity index (χ4n) is 1.59. The van der Waals surface area contributed by atoms with Gasteiger partial charge in [0.25, 0.3) is 0 Å². The number of hydrogen-bond acceptors (Lipinski definition) is 6. The normalized spacial score (nSPS) is 12.6. The first-order valence-electron chi connectivity index (χ1n) is 6.67. The van der Waals surface area contributed by atoms with Crippen molar-refractivity contribution >= 4 is 29.0 Å². The van der Waals surface area contributed by atoms with Crippen LogP contribution in [-0.4, -0.2) is 32.6 Å². The molecule has 21 heavy (non-hydrogen) atoms. The number of thioether (sulfide) groups is 1. The summed E-state index contributed by atoms with van der Waals surface area (Å²) in [5.74, 6) is 7.03. The summed E-state index contributed by atoms with van der Waals surface area (Å²) in [5.41, 5.74) is 0. The van der Waals surface area contributed by atoms with E-state index >= 15 is 0 Å². The lowest BCUT2D eigenvalue weighted by Gasteiger charge is -2.12. The largest absolute Gasteiger partial charge is 0.355 e. The van der Waals surface area contributed by atoms with Crippen molar-refractivity contribution in [2.45, 2.75) is 31.2 Å². The number of nitrogens with two attached hydrogens (primary N) is 1. The Kier molecular flexibility index (Phi) is 5.24. The van der Waals surface area contributed by atoms with Crippen molar-refractivity contribution in [3.05, 3.63) is 17.5 Å². The van der Waals surface area contributed by atoms with E-state index in [1.54, 1.807) is 11.3 Å². The summed E-state index contributed by atoms with van der Waals surface area (Å²) in [6.45, 7) is 6.61. The number of rotatable bonds is 6. The molecule has 114 valence electrons. The molecule has 1 atom stereocenters. The predicted molar refractivity (Wildman–Crippen MR) is 86.7 cm³/mol. The molecule has 0 saturated carbocycles. The van der Waals surface area contributed by atoms with Gasteiger partial charge >= 0.3 is 0 Å². The number of nitrogens with one attached hydrogen (secondary N) is 1. The molecule has 0 radical (unpaired) electrons. The van der Waals surface area contributed by atoms with Crippen molar-refractivity contribution in [3.8, 4) is 10.7 Å². The summed E-state index contributed by atoms with van der Waals surface area (Å²) >= 11 is 2.85. The fraction of sp³-hybridized carbons (Fsp3) is 0.462. The third-order valence-corrected chi connectivity index (χ3v) is 4.66. The summed E-state index contributed by atoms with van der Waals surface area (Å²) in [6, 6.07) is 3.87. The van der Waals surface area contributed by atoms with Gasteiger partial charge in [-0.3, -0.25) is 4.79 Å². The lowest BCUT2D eigenvalue weighted by Crippen LogP contribution is -2.33. The molecular formula is C13H19N5OS2. The summed E-state index contributed by atoms with van der Waals surface area (Å²) in [7, 11) is 0. The molecular weight excluding hydrogens is 306 g/mol. The first-order chi connectivity index (χ1) is 9.99. The fourth-order valence-corrected chi connectivity index (χ4v) is 3.09. The SMILES string of the molecule is CC(C)CNC(=O)C(C)Sc1nnc(-c2cccs2)n1N. The number of aromatic nitrogens is 3. The van der Waals surface area contributed by atoms with E-state index in [1.807, 2.05) is 24.4 Å². The van der Waals surface area contributed by atoms with Crippen molar-refractivity contribution < 1.29 is 4.79 Å². The molecule has 0 aliphatic carbocycles. The van der Waals surface area contributed by atoms with Crippen LogP contribution in [0, 0.1) is 5.92 Å². The molecule has 2 aromatic heterocycles. The van der Waals surface area contributed by atoms with Crippen LogP contribution in [0.1, 0.15) is 20.8 Å². The van der Waals surface area contributed by atoms with Crippen LogP contribution in [0.5, 0.6) is 0 Å². The third kappa shape index (κ3) is 3.98. The average molecular weight is 325 g/mol. The Morgan fingerprint density at radius 2 is 2.24 bits per heavy atom. The van der Waals surface area contributed by atoms with Gasteiger partial charge in [0, 0.05) is 6.54 Å². The Labute approximate surface area is 132 Å². The second-order valence-corrected chi connectivity index (χ2v) is 7.31. The van der Waals surface area contributed by atoms with Crippen LogP contribution in [0.2, 0.25) is 0 Å². The molecule has 3 N–H and O–H groups in total. The van der Waals surface area contributed by atoms with E-state index in [1.165, 1.54) is 16.4 Å². The van der Waals surface area contributed by atoms with E-state index in [4.69, 9.17) is 5.84 Å². The standard InChI is InChI=1S/C13H19N5OS2/c1-8(2)7-15-12(19)9(3)21-13-17-16-11(18(13)14)10-5-4-6-20-10/h4-6,8-9H,7,14H2,1-3H3,(H,15,19). The molecule has 1 unspecified atom stereocenters. The van der Waals surface area contributed by atoms with E-state index in [2.05, 4.69) is 29.4 Å². The number of nitrogens with zero attached hydrogens (tertiary/aromatic N) is 3. The second kappa shape index (κ2) is 6.95. The molecule has 2 aromatic rings. The summed E-state index contributed by atoms with van der Waals surface area (Å²) < 4.78 is 1.43. The maximum absolute atomic E-state index is 12.0. The number of thiophene rings is 1. The Balaban J connectivity index is 2.02. The quantitative estimate of drug-likeness (QED) is 0.626. The van der Waals surface area contributed by atoms with Gasteiger partial charge in [0.2, 0.25) is 11.1 Å². The van der Waals surface area contributed by atoms with Gasteiger partial charge in [-0.25, -0.2) is 4.68 Å². The first-order valence-corrected chi connectivity index (χ1v) is 8.43. The zero-order chi connectivity index (χ0) is 15.4. The minimum absolute atomic E-state index is 0.0191. The van der Waals surface area contributed by atoms with Gasteiger partial charge in [-0.15, -0.1) is 21.5 Å². The minimum Gasteiger partial charge on any atom is -0.355 e. The van der Waals surface area contributed by atoms with Crippen LogP contribution < -0.4 is 11.2 Å². The minimum atomic E-state index is -0.272. The highest BCUT2D eigenvalue weighted by Crippen LogP contribution is 2.27. The molecule has 0 aliphatic heterocycles. The topological polar surface area (TPSA) is 85.8 Å². The number of nitrogen functional groups attached to an aromatic ring is 1. The van der Waals surface area contributed by atoms with Gasteiger partial charge in [-0.05, 0) is 24.3 Å². The van der Waals surface area contributed by atoms with Gasteiger partial charge < -0.3 is 11.2 Å². The molecule has 8 heteroatoms. The van der Waals surface area contributed by atoms with Crippen LogP contribution in [0.15, 0.2) is 22.7 Å². The number of amides is 1. The van der Waals surface area contributed by atoms with Gasteiger partial charge in [0.1, 0.15) is 0 Å². The van der Waals surface area contributed by atoms with Gasteiger partial charge in [0.05, 0.1) is 10.1 Å². The highest BCUT2D eigenvalue weighted by molar-refractivity contribution is 8.00. The van der Waals surface area contributed by atoms with E-state index in [9.17, 15) is 4.79 Å².